The van der Waals surface area contributed by atoms with Gasteiger partial charge in [0.05, 0.1) is 47.6 Å². The van der Waals surface area contributed by atoms with Crippen LogP contribution >= 0.6 is 11.3 Å². The van der Waals surface area contributed by atoms with E-state index < -0.39 is 33.9 Å². The Bertz CT molecular complexity index is 1620. The third-order valence-electron chi connectivity index (χ3n) is 5.73. The molecule has 0 saturated heterocycles. The van der Waals surface area contributed by atoms with Gasteiger partial charge in [-0.15, -0.1) is 0 Å². The van der Waals surface area contributed by atoms with Gasteiger partial charge in [-0.3, -0.25) is 19.5 Å². The molecule has 0 fully saturated rings. The zero-order valence-electron chi connectivity index (χ0n) is 20.4. The number of allylic oxidation sites excluding steroid dienone is 1. The van der Waals surface area contributed by atoms with E-state index in [9.17, 15) is 24.8 Å². The van der Waals surface area contributed by atoms with Crippen LogP contribution in [0.2, 0.25) is 0 Å². The molecule has 0 bridgehead atoms. The maximum atomic E-state index is 13.7. The molecule has 37 heavy (non-hydrogen) atoms. The van der Waals surface area contributed by atoms with Gasteiger partial charge in [0.1, 0.15) is 0 Å². The summed E-state index contributed by atoms with van der Waals surface area (Å²) in [5.41, 5.74) is 0.583. The number of carbonyl (C=O) groups is 1. The van der Waals surface area contributed by atoms with E-state index in [1.165, 1.54) is 43.1 Å². The summed E-state index contributed by atoms with van der Waals surface area (Å²) in [6.45, 7) is 3.49. The molecular weight excluding hydrogens is 502 g/mol. The molecule has 1 N–H and O–H groups in total. The number of carbonyl (C=O) groups excluding carboxylic acids is 1. The van der Waals surface area contributed by atoms with Gasteiger partial charge in [-0.05, 0) is 49.2 Å². The van der Waals surface area contributed by atoms with Crippen LogP contribution in [0.15, 0.2) is 57.5 Å². The summed E-state index contributed by atoms with van der Waals surface area (Å²) >= 11 is 1.08. The van der Waals surface area contributed by atoms with E-state index in [0.717, 1.165) is 11.3 Å². The smallest absolute Gasteiger partial charge is 0.338 e. The first-order valence-corrected chi connectivity index (χ1v) is 11.9. The minimum atomic E-state index is -0.869. The summed E-state index contributed by atoms with van der Waals surface area (Å²) in [5.74, 6) is -0.193. The van der Waals surface area contributed by atoms with Gasteiger partial charge in [0, 0.05) is 6.07 Å². The molecule has 11 nitrogen and oxygen atoms in total. The van der Waals surface area contributed by atoms with Gasteiger partial charge >= 0.3 is 11.7 Å². The Kier molecular flexibility index (Phi) is 7.11. The Morgan fingerprint density at radius 1 is 1.22 bits per heavy atom. The number of hydrogen-bond acceptors (Lipinski definition) is 10. The SMILES string of the molecule is CCOC(=O)C1=C(C)N=c2s/c(=C\c3ccc(O)c([N+](=O)[O-])c3)c(=O)n2[C@@H]1c1ccc(OC)c(OC)c1. The van der Waals surface area contributed by atoms with Crippen molar-refractivity contribution in [1.29, 1.82) is 0 Å². The third kappa shape index (κ3) is 4.70. The van der Waals surface area contributed by atoms with Crippen LogP contribution < -0.4 is 24.4 Å². The Morgan fingerprint density at radius 2 is 1.95 bits per heavy atom. The van der Waals surface area contributed by atoms with Crippen LogP contribution in [0, 0.1) is 10.1 Å². The quantitative estimate of drug-likeness (QED) is 0.282. The predicted octanol–water partition coefficient (Wildman–Crippen LogP) is 2.43. The lowest BCUT2D eigenvalue weighted by Gasteiger charge is -2.25. The van der Waals surface area contributed by atoms with Crippen molar-refractivity contribution in [3.63, 3.8) is 0 Å². The lowest BCUT2D eigenvalue weighted by atomic mass is 9.95. The molecule has 0 radical (unpaired) electrons. The Balaban J connectivity index is 1.96. The number of nitrogens with zero attached hydrogens (tertiary/aromatic N) is 3. The van der Waals surface area contributed by atoms with Crippen LogP contribution in [-0.4, -0.2) is 41.4 Å². The normalized spacial score (nSPS) is 15.1. The molecule has 0 aliphatic carbocycles. The number of aromatic hydroxyl groups is 1. The number of hydrogen-bond donors (Lipinski definition) is 1. The maximum Gasteiger partial charge on any atom is 0.338 e. The summed E-state index contributed by atoms with van der Waals surface area (Å²) < 4.78 is 17.7. The van der Waals surface area contributed by atoms with E-state index in [4.69, 9.17) is 14.2 Å². The second kappa shape index (κ2) is 10.3. The van der Waals surface area contributed by atoms with Gasteiger partial charge in [0.15, 0.2) is 22.0 Å². The molecule has 1 atom stereocenters. The van der Waals surface area contributed by atoms with Crippen LogP contribution in [0.4, 0.5) is 5.69 Å². The highest BCUT2D eigenvalue weighted by atomic mass is 32.1. The number of thiazole rings is 1. The molecule has 0 amide bonds. The van der Waals surface area contributed by atoms with Crippen molar-refractivity contribution in [2.75, 3.05) is 20.8 Å². The molecule has 0 saturated carbocycles. The number of nitro benzene ring substituents is 1. The van der Waals surface area contributed by atoms with Crippen molar-refractivity contribution in [2.45, 2.75) is 19.9 Å². The van der Waals surface area contributed by atoms with E-state index in [2.05, 4.69) is 4.99 Å². The largest absolute Gasteiger partial charge is 0.502 e. The topological polar surface area (TPSA) is 142 Å². The molecule has 12 heteroatoms. The minimum Gasteiger partial charge on any atom is -0.502 e. The molecular formula is C25H23N3O8S. The first kappa shape index (κ1) is 25.6. The van der Waals surface area contributed by atoms with Crippen LogP contribution in [-0.2, 0) is 9.53 Å². The van der Waals surface area contributed by atoms with Gasteiger partial charge < -0.3 is 19.3 Å². The van der Waals surface area contributed by atoms with E-state index >= 15 is 0 Å². The van der Waals surface area contributed by atoms with E-state index in [0.29, 0.717) is 33.1 Å². The van der Waals surface area contributed by atoms with Crippen molar-refractivity contribution >= 4 is 29.1 Å². The summed E-state index contributed by atoms with van der Waals surface area (Å²) in [5, 5.41) is 21.0. The Labute approximate surface area is 214 Å². The number of fused-ring (bicyclic) bond motifs is 1. The molecule has 192 valence electrons. The average molecular weight is 526 g/mol. The standard InChI is InChI=1S/C25H23N3O8S/c1-5-36-24(31)21-13(2)26-25-27(22(21)15-7-9-18(34-3)19(12-15)35-4)23(30)20(37-25)11-14-6-8-17(29)16(10-14)28(32)33/h6-12,22,29H,5H2,1-4H3/b20-11-/t22-/m1/s1. The number of esters is 1. The molecule has 0 unspecified atom stereocenters. The van der Waals surface area contributed by atoms with Crippen LogP contribution in [0.25, 0.3) is 6.08 Å². The molecule has 4 rings (SSSR count). The first-order valence-electron chi connectivity index (χ1n) is 11.1. The van der Waals surface area contributed by atoms with E-state index in [1.54, 1.807) is 32.0 Å². The second-order valence-electron chi connectivity index (χ2n) is 7.92. The van der Waals surface area contributed by atoms with Crippen molar-refractivity contribution < 1.29 is 29.0 Å². The Morgan fingerprint density at radius 3 is 2.59 bits per heavy atom. The maximum absolute atomic E-state index is 13.7. The van der Waals surface area contributed by atoms with Crippen molar-refractivity contribution in [3.05, 3.63) is 88.6 Å². The van der Waals surface area contributed by atoms with Crippen LogP contribution in [0.5, 0.6) is 17.2 Å². The van der Waals surface area contributed by atoms with Crippen LogP contribution in [0.1, 0.15) is 31.0 Å². The fourth-order valence-electron chi connectivity index (χ4n) is 4.06. The van der Waals surface area contributed by atoms with Gasteiger partial charge in [0.25, 0.3) is 5.56 Å². The average Bonchev–Trinajstić information content (AvgIpc) is 3.17. The molecule has 2 heterocycles. The van der Waals surface area contributed by atoms with Gasteiger partial charge in [0.2, 0.25) is 0 Å². The number of nitro groups is 1. The lowest BCUT2D eigenvalue weighted by Crippen LogP contribution is -2.39. The highest BCUT2D eigenvalue weighted by molar-refractivity contribution is 7.07. The Hall–Kier alpha value is -4.45. The number of methoxy groups -OCH3 is 2. The highest BCUT2D eigenvalue weighted by Crippen LogP contribution is 2.36. The lowest BCUT2D eigenvalue weighted by molar-refractivity contribution is -0.385. The number of rotatable bonds is 7. The number of phenolic OH excluding ortho intramolecular Hbond substituents is 1. The summed E-state index contributed by atoms with van der Waals surface area (Å²) in [6.07, 6.45) is 1.48. The molecule has 1 aliphatic rings. The molecule has 1 aliphatic heterocycles. The van der Waals surface area contributed by atoms with Crippen molar-refractivity contribution in [3.8, 4) is 17.2 Å². The molecule has 0 spiro atoms. The third-order valence-corrected chi connectivity index (χ3v) is 6.72. The molecule has 3 aromatic rings. The summed E-state index contributed by atoms with van der Waals surface area (Å²) in [6, 6.07) is 8.04. The van der Waals surface area contributed by atoms with Crippen molar-refractivity contribution in [2.24, 2.45) is 4.99 Å². The zero-order valence-corrected chi connectivity index (χ0v) is 21.2. The number of ether oxygens (including phenoxy) is 3. The second-order valence-corrected chi connectivity index (χ2v) is 8.93. The van der Waals surface area contributed by atoms with E-state index in [-0.39, 0.29) is 16.7 Å². The highest BCUT2D eigenvalue weighted by Gasteiger charge is 2.34. The number of phenols is 1. The minimum absolute atomic E-state index is 0.137. The van der Waals surface area contributed by atoms with Crippen molar-refractivity contribution in [1.82, 2.24) is 4.57 Å². The fourth-order valence-corrected chi connectivity index (χ4v) is 5.10. The monoisotopic (exact) mass is 525 g/mol. The first-order chi connectivity index (χ1) is 17.7. The number of benzene rings is 2. The molecule has 2 aromatic carbocycles. The zero-order chi connectivity index (χ0) is 26.9. The van der Waals surface area contributed by atoms with Gasteiger partial charge in [-0.2, -0.15) is 0 Å². The predicted molar refractivity (Wildman–Crippen MR) is 135 cm³/mol. The fraction of sp³-hybridized carbons (Fsp3) is 0.240. The number of aromatic nitrogens is 1. The van der Waals surface area contributed by atoms with Gasteiger partial charge in [-0.1, -0.05) is 23.5 Å². The van der Waals surface area contributed by atoms with Gasteiger partial charge in [-0.25, -0.2) is 9.79 Å². The summed E-state index contributed by atoms with van der Waals surface area (Å²) in [7, 11) is 2.99. The molecule has 1 aromatic heterocycles. The van der Waals surface area contributed by atoms with Crippen LogP contribution in [0.3, 0.4) is 0 Å². The van der Waals surface area contributed by atoms with E-state index in [1.807, 2.05) is 0 Å². The summed E-state index contributed by atoms with van der Waals surface area (Å²) in [4.78, 5) is 42.0.